The molecular formula is C35H41ClFN3O6S. The van der Waals surface area contributed by atoms with E-state index in [4.69, 9.17) is 21.1 Å². The molecule has 2 aromatic carbocycles. The Morgan fingerprint density at radius 1 is 1.02 bits per heavy atom. The highest BCUT2D eigenvalue weighted by molar-refractivity contribution is 7.17. The second kappa shape index (κ2) is 14.7. The van der Waals surface area contributed by atoms with Gasteiger partial charge < -0.3 is 19.9 Å². The lowest BCUT2D eigenvalue weighted by Gasteiger charge is -2.51. The van der Waals surface area contributed by atoms with Gasteiger partial charge in [-0.15, -0.1) is 11.3 Å². The number of nitrogens with zero attached hydrogens (tertiary/aromatic N) is 2. The third-order valence-electron chi connectivity index (χ3n) is 9.85. The number of carbonyl (C=O) groups excluding carboxylic acids is 2. The van der Waals surface area contributed by atoms with Crippen LogP contribution in [0.2, 0.25) is 5.02 Å². The van der Waals surface area contributed by atoms with Gasteiger partial charge in [-0.1, -0.05) is 29.8 Å². The first-order chi connectivity index (χ1) is 22.7. The van der Waals surface area contributed by atoms with Crippen molar-refractivity contribution >= 4 is 56.4 Å². The van der Waals surface area contributed by atoms with Gasteiger partial charge in [0, 0.05) is 55.2 Å². The van der Waals surface area contributed by atoms with Crippen LogP contribution in [-0.4, -0.2) is 83.9 Å². The van der Waals surface area contributed by atoms with Gasteiger partial charge in [-0.3, -0.25) is 24.2 Å². The smallest absolute Gasteiger partial charge is 0.306 e. The van der Waals surface area contributed by atoms with Crippen LogP contribution in [-0.2, 0) is 25.5 Å². The average Bonchev–Trinajstić information content (AvgIpc) is 3.77. The number of carboxylic acids is 1. The zero-order valence-electron chi connectivity index (χ0n) is 26.5. The first-order valence-corrected chi connectivity index (χ1v) is 17.7. The summed E-state index contributed by atoms with van der Waals surface area (Å²) in [5.74, 6) is -4.04. The van der Waals surface area contributed by atoms with Gasteiger partial charge in [0.1, 0.15) is 5.82 Å². The van der Waals surface area contributed by atoms with Gasteiger partial charge in [-0.25, -0.2) is 4.39 Å². The molecule has 3 aromatic rings. The van der Waals surface area contributed by atoms with Crippen LogP contribution < -0.4 is 5.32 Å². The number of ketones is 1. The lowest BCUT2D eigenvalue weighted by atomic mass is 9.87. The summed E-state index contributed by atoms with van der Waals surface area (Å²) >= 11 is 8.07. The van der Waals surface area contributed by atoms with E-state index in [1.165, 1.54) is 23.5 Å². The number of aliphatic carboxylic acids is 1. The van der Waals surface area contributed by atoms with Crippen molar-refractivity contribution < 1.29 is 33.4 Å². The number of hydrogen-bond acceptors (Lipinski definition) is 8. The summed E-state index contributed by atoms with van der Waals surface area (Å²) in [7, 11) is 1.67. The molecule has 1 saturated carbocycles. The summed E-state index contributed by atoms with van der Waals surface area (Å²) in [4.78, 5) is 43.7. The molecule has 2 aliphatic heterocycles. The first kappa shape index (κ1) is 34.0. The summed E-state index contributed by atoms with van der Waals surface area (Å²) in [6.07, 6.45) is 4.79. The van der Waals surface area contributed by atoms with Gasteiger partial charge in [-0.2, -0.15) is 0 Å². The number of amides is 1. The van der Waals surface area contributed by atoms with Crippen LogP contribution in [0.25, 0.3) is 10.1 Å². The van der Waals surface area contributed by atoms with Gasteiger partial charge in [0.25, 0.3) is 5.91 Å². The Balaban J connectivity index is 1.28. The van der Waals surface area contributed by atoms with Gasteiger partial charge in [0.2, 0.25) is 5.85 Å². The largest absolute Gasteiger partial charge is 0.481 e. The van der Waals surface area contributed by atoms with Gasteiger partial charge in [-0.05, 0) is 75.1 Å². The van der Waals surface area contributed by atoms with E-state index < -0.39 is 29.5 Å². The molecule has 2 atom stereocenters. The number of thiophene rings is 1. The molecule has 0 radical (unpaired) electrons. The minimum absolute atomic E-state index is 0.0840. The number of benzene rings is 2. The molecule has 1 aliphatic carbocycles. The molecule has 6 rings (SSSR count). The topological polar surface area (TPSA) is 108 Å². The molecule has 9 nitrogen and oxygen atoms in total. The molecule has 252 valence electrons. The van der Waals surface area contributed by atoms with Crippen LogP contribution in [0.15, 0.2) is 41.8 Å². The van der Waals surface area contributed by atoms with Gasteiger partial charge in [0.15, 0.2) is 5.78 Å². The quantitative estimate of drug-likeness (QED) is 0.233. The molecule has 3 fully saturated rings. The summed E-state index contributed by atoms with van der Waals surface area (Å²) in [5, 5.41) is 15.0. The van der Waals surface area contributed by atoms with Crippen LogP contribution in [0.4, 0.5) is 10.1 Å². The van der Waals surface area contributed by atoms with Crippen LogP contribution in [0.1, 0.15) is 67.3 Å². The highest BCUT2D eigenvalue weighted by Gasteiger charge is 2.53. The van der Waals surface area contributed by atoms with E-state index >= 15 is 4.39 Å². The number of likely N-dealkylation sites (tertiary alicyclic amines) is 2. The van der Waals surface area contributed by atoms with Crippen molar-refractivity contribution in [2.75, 3.05) is 38.6 Å². The van der Waals surface area contributed by atoms with E-state index in [-0.39, 0.29) is 40.7 Å². The molecular weight excluding hydrogens is 645 g/mol. The van der Waals surface area contributed by atoms with E-state index in [2.05, 4.69) is 15.1 Å². The number of carbonyl (C=O) groups is 3. The van der Waals surface area contributed by atoms with E-state index in [1.807, 2.05) is 24.3 Å². The molecule has 2 saturated heterocycles. The molecule has 1 amide bonds. The fourth-order valence-electron chi connectivity index (χ4n) is 7.30. The zero-order valence-corrected chi connectivity index (χ0v) is 28.1. The Bertz CT molecular complexity index is 1620. The number of ether oxygens (including phenoxy) is 2. The molecule has 1 aromatic heterocycles. The third kappa shape index (κ3) is 7.11. The van der Waals surface area contributed by atoms with Crippen LogP contribution >= 0.6 is 22.9 Å². The number of Topliss-reactive ketones (excluding diaryl/α,β-unsaturated/α-hetero) is 1. The number of hydrogen-bond donors (Lipinski definition) is 2. The number of carboxylic acid groups (broad SMARTS) is 1. The Morgan fingerprint density at radius 3 is 2.47 bits per heavy atom. The Hall–Kier alpha value is -2.93. The first-order valence-electron chi connectivity index (χ1n) is 16.4. The number of piperidine rings is 1. The van der Waals surface area contributed by atoms with E-state index in [1.54, 1.807) is 12.5 Å². The number of nitrogens with one attached hydrogen (secondary N) is 1. The monoisotopic (exact) mass is 685 g/mol. The number of halogens is 2. The summed E-state index contributed by atoms with van der Waals surface area (Å²) < 4.78 is 29.5. The van der Waals surface area contributed by atoms with E-state index in [0.717, 1.165) is 35.8 Å². The molecule has 1 unspecified atom stereocenters. The average molecular weight is 686 g/mol. The number of methoxy groups -OCH3 is 1. The van der Waals surface area contributed by atoms with Crippen LogP contribution in [0, 0.1) is 11.7 Å². The maximum absolute atomic E-state index is 15.8. The molecule has 0 bridgehead atoms. The molecule has 12 heteroatoms. The Morgan fingerprint density at radius 2 is 1.74 bits per heavy atom. The molecule has 0 spiro atoms. The molecule has 47 heavy (non-hydrogen) atoms. The number of rotatable bonds is 11. The van der Waals surface area contributed by atoms with Crippen molar-refractivity contribution in [1.29, 1.82) is 0 Å². The van der Waals surface area contributed by atoms with E-state index in [9.17, 15) is 19.5 Å². The van der Waals surface area contributed by atoms with Crippen LogP contribution in [0.5, 0.6) is 0 Å². The van der Waals surface area contributed by atoms with Crippen LogP contribution in [0.3, 0.4) is 0 Å². The normalized spacial score (nSPS) is 23.9. The van der Waals surface area contributed by atoms with E-state index in [0.29, 0.717) is 57.4 Å². The predicted molar refractivity (Wildman–Crippen MR) is 180 cm³/mol. The van der Waals surface area contributed by atoms with Crippen molar-refractivity contribution in [3.05, 3.63) is 63.7 Å². The maximum atomic E-state index is 15.8. The maximum Gasteiger partial charge on any atom is 0.306 e. The predicted octanol–water partition coefficient (Wildman–Crippen LogP) is 6.58. The number of fused-ring (bicyclic) bond motifs is 1. The molecule has 3 heterocycles. The summed E-state index contributed by atoms with van der Waals surface area (Å²) in [5.41, 5.74) is 0.708. The fourth-order valence-corrected chi connectivity index (χ4v) is 8.48. The lowest BCUT2D eigenvalue weighted by Crippen LogP contribution is -2.70. The van der Waals surface area contributed by atoms with Crippen molar-refractivity contribution in [1.82, 2.24) is 9.80 Å². The minimum atomic E-state index is -1.46. The Kier molecular flexibility index (Phi) is 10.6. The van der Waals surface area contributed by atoms with Crippen molar-refractivity contribution in [2.24, 2.45) is 5.92 Å². The fraction of sp³-hybridized carbons (Fsp3) is 0.514. The van der Waals surface area contributed by atoms with Gasteiger partial charge >= 0.3 is 5.97 Å². The third-order valence-corrected chi connectivity index (χ3v) is 11.1. The highest BCUT2D eigenvalue weighted by atomic mass is 35.5. The number of anilines is 1. The van der Waals surface area contributed by atoms with Gasteiger partial charge in [0.05, 0.1) is 34.4 Å². The van der Waals surface area contributed by atoms with Crippen molar-refractivity contribution in [2.45, 2.75) is 75.8 Å². The van der Waals surface area contributed by atoms with Crippen molar-refractivity contribution in [3.8, 4) is 0 Å². The second-order valence-corrected chi connectivity index (χ2v) is 14.1. The SMILES string of the molecule is CO[C@@H]1CCCN(C(OC2CCC(C(=O)O)CC2)(C(=O)Cc2cc(Cl)c(NC(=O)c3csc4ccccc34)cc2F)N2CCCC2)C1. The summed E-state index contributed by atoms with van der Waals surface area (Å²) in [6, 6.07) is 10.1. The highest BCUT2D eigenvalue weighted by Crippen LogP contribution is 2.38. The summed E-state index contributed by atoms with van der Waals surface area (Å²) in [6.45, 7) is 2.39. The Labute approximate surface area is 283 Å². The molecule has 3 aliphatic rings. The standard InChI is InChI=1S/C35H41ClFN3O6S/c1-45-25-7-6-16-40(20-25)35(39-14-4-5-15-39,46-24-12-10-22(11-13-24)34(43)44)32(41)18-23-17-28(36)30(19-29(23)37)38-33(42)27-21-47-31-9-3-2-8-26(27)31/h2-3,8-9,17,19,21-22,24-25H,4-7,10-16,18,20H2,1H3,(H,38,42)(H,43,44)/t22?,24?,25-,35?/m1/s1. The zero-order chi connectivity index (χ0) is 33.1. The second-order valence-electron chi connectivity index (χ2n) is 12.8. The minimum Gasteiger partial charge on any atom is -0.481 e. The lowest BCUT2D eigenvalue weighted by molar-refractivity contribution is -0.264. The van der Waals surface area contributed by atoms with Crippen molar-refractivity contribution in [3.63, 3.8) is 0 Å². The molecule has 2 N–H and O–H groups in total.